The van der Waals surface area contributed by atoms with Gasteiger partial charge in [0.25, 0.3) is 0 Å². The van der Waals surface area contributed by atoms with E-state index >= 15 is 0 Å². The first-order chi connectivity index (χ1) is 6.70. The van der Waals surface area contributed by atoms with Crippen molar-refractivity contribution in [3.63, 3.8) is 0 Å². The van der Waals surface area contributed by atoms with Crippen LogP contribution in [-0.4, -0.2) is 55.0 Å². The van der Waals surface area contributed by atoms with E-state index in [2.05, 4.69) is 11.8 Å². The van der Waals surface area contributed by atoms with E-state index < -0.39 is 0 Å². The summed E-state index contributed by atoms with van der Waals surface area (Å²) < 4.78 is 5.18. The van der Waals surface area contributed by atoms with E-state index in [0.717, 1.165) is 32.5 Å². The maximum Gasteiger partial charge on any atom is 0.0698 e. The van der Waals surface area contributed by atoms with Crippen LogP contribution in [0.25, 0.3) is 0 Å². The molecular formula is C10H22N2O2. The topological polar surface area (TPSA) is 58.7 Å². The van der Waals surface area contributed by atoms with Gasteiger partial charge in [-0.2, -0.15) is 0 Å². The van der Waals surface area contributed by atoms with Gasteiger partial charge in [-0.3, -0.25) is 4.90 Å². The van der Waals surface area contributed by atoms with Crippen molar-refractivity contribution in [2.75, 3.05) is 39.5 Å². The lowest BCUT2D eigenvalue weighted by Gasteiger charge is -2.48. The van der Waals surface area contributed by atoms with Crippen LogP contribution in [0.4, 0.5) is 0 Å². The predicted molar refractivity (Wildman–Crippen MR) is 56.2 cm³/mol. The van der Waals surface area contributed by atoms with Crippen molar-refractivity contribution < 1.29 is 9.84 Å². The summed E-state index contributed by atoms with van der Waals surface area (Å²) >= 11 is 0. The Morgan fingerprint density at radius 3 is 2.71 bits per heavy atom. The van der Waals surface area contributed by atoms with Gasteiger partial charge in [0.1, 0.15) is 0 Å². The van der Waals surface area contributed by atoms with E-state index in [9.17, 15) is 0 Å². The minimum atomic E-state index is 0.0612. The summed E-state index contributed by atoms with van der Waals surface area (Å²) in [4.78, 5) is 2.30. The number of hydrogen-bond donors (Lipinski definition) is 2. The molecule has 1 heterocycles. The number of rotatable bonds is 7. The number of nitrogens with zero attached hydrogens (tertiary/aromatic N) is 1. The molecule has 1 saturated heterocycles. The highest BCUT2D eigenvalue weighted by Gasteiger charge is 2.37. The Labute approximate surface area is 86.0 Å². The van der Waals surface area contributed by atoms with Gasteiger partial charge < -0.3 is 15.6 Å². The Morgan fingerprint density at radius 1 is 1.43 bits per heavy atom. The molecular weight excluding hydrogens is 180 g/mol. The Hall–Kier alpha value is -0.160. The number of likely N-dealkylation sites (tertiary alicyclic amines) is 1. The van der Waals surface area contributed by atoms with Crippen molar-refractivity contribution in [3.05, 3.63) is 0 Å². The number of aliphatic hydroxyl groups excluding tert-OH is 1. The van der Waals surface area contributed by atoms with Gasteiger partial charge >= 0.3 is 0 Å². The fourth-order valence-electron chi connectivity index (χ4n) is 2.02. The third-order valence-corrected chi connectivity index (χ3v) is 2.61. The van der Waals surface area contributed by atoms with Gasteiger partial charge in [0.05, 0.1) is 19.8 Å². The molecule has 1 rings (SSSR count). The Morgan fingerprint density at radius 2 is 2.14 bits per heavy atom. The zero-order chi connectivity index (χ0) is 10.4. The number of aliphatic hydroxyl groups is 1. The van der Waals surface area contributed by atoms with Crippen molar-refractivity contribution in [3.8, 4) is 0 Å². The zero-order valence-electron chi connectivity index (χ0n) is 9.04. The quantitative estimate of drug-likeness (QED) is 0.562. The first kappa shape index (κ1) is 11.9. The second-order valence-corrected chi connectivity index (χ2v) is 4.16. The molecule has 1 fully saturated rings. The molecule has 0 bridgehead atoms. The molecule has 0 aromatic rings. The molecule has 0 aliphatic carbocycles. The Balaban J connectivity index is 1.98. The molecule has 3 N–H and O–H groups in total. The van der Waals surface area contributed by atoms with Gasteiger partial charge in [-0.05, 0) is 6.42 Å². The third-order valence-electron chi connectivity index (χ3n) is 2.61. The van der Waals surface area contributed by atoms with Gasteiger partial charge in [0, 0.05) is 25.2 Å². The summed E-state index contributed by atoms with van der Waals surface area (Å²) in [5.74, 6) is 0. The van der Waals surface area contributed by atoms with Crippen molar-refractivity contribution in [1.82, 2.24) is 4.90 Å². The first-order valence-electron chi connectivity index (χ1n) is 5.40. The van der Waals surface area contributed by atoms with E-state index in [1.165, 1.54) is 0 Å². The normalized spacial score (nSPS) is 20.8. The van der Waals surface area contributed by atoms with Crippen molar-refractivity contribution in [2.24, 2.45) is 5.73 Å². The average molecular weight is 202 g/mol. The summed E-state index contributed by atoms with van der Waals surface area (Å²) in [5.41, 5.74) is 6.17. The summed E-state index contributed by atoms with van der Waals surface area (Å²) in [5, 5.41) is 8.50. The summed E-state index contributed by atoms with van der Waals surface area (Å²) in [6.07, 6.45) is 2.27. The van der Waals surface area contributed by atoms with E-state index in [1.807, 2.05) is 0 Å². The monoisotopic (exact) mass is 202 g/mol. The highest BCUT2D eigenvalue weighted by atomic mass is 16.5. The highest BCUT2D eigenvalue weighted by Crippen LogP contribution is 2.22. The second kappa shape index (κ2) is 5.66. The van der Waals surface area contributed by atoms with Crippen LogP contribution in [0.5, 0.6) is 0 Å². The van der Waals surface area contributed by atoms with Crippen LogP contribution in [-0.2, 0) is 4.74 Å². The number of hydrogen-bond acceptors (Lipinski definition) is 4. The molecule has 4 heteroatoms. The van der Waals surface area contributed by atoms with E-state index in [0.29, 0.717) is 13.2 Å². The molecule has 0 radical (unpaired) electrons. The average Bonchev–Trinajstić information content (AvgIpc) is 2.10. The Kier molecular flexibility index (Phi) is 4.81. The minimum absolute atomic E-state index is 0.0612. The molecule has 84 valence electrons. The third kappa shape index (κ3) is 3.53. The van der Waals surface area contributed by atoms with Crippen molar-refractivity contribution in [1.29, 1.82) is 0 Å². The molecule has 14 heavy (non-hydrogen) atoms. The van der Waals surface area contributed by atoms with E-state index in [1.54, 1.807) is 0 Å². The SMILES string of the molecule is CCCC1(N)CN(CCOCCO)C1. The van der Waals surface area contributed by atoms with Crippen LogP contribution >= 0.6 is 0 Å². The largest absolute Gasteiger partial charge is 0.394 e. The van der Waals surface area contributed by atoms with E-state index in [-0.39, 0.29) is 12.1 Å². The molecule has 0 spiro atoms. The van der Waals surface area contributed by atoms with Gasteiger partial charge in [-0.1, -0.05) is 13.3 Å². The van der Waals surface area contributed by atoms with Crippen LogP contribution < -0.4 is 5.73 Å². The fraction of sp³-hybridized carbons (Fsp3) is 1.00. The lowest BCUT2D eigenvalue weighted by molar-refractivity contribution is 0.0201. The second-order valence-electron chi connectivity index (χ2n) is 4.16. The molecule has 1 aliphatic heterocycles. The molecule has 0 aromatic carbocycles. The van der Waals surface area contributed by atoms with Gasteiger partial charge in [-0.15, -0.1) is 0 Å². The molecule has 0 aromatic heterocycles. The van der Waals surface area contributed by atoms with Crippen LogP contribution in [0, 0.1) is 0 Å². The van der Waals surface area contributed by atoms with Crippen LogP contribution in [0.3, 0.4) is 0 Å². The number of nitrogens with two attached hydrogens (primary N) is 1. The molecule has 0 saturated carbocycles. The summed E-state index contributed by atoms with van der Waals surface area (Å²) in [6, 6.07) is 0. The first-order valence-corrected chi connectivity index (χ1v) is 5.40. The van der Waals surface area contributed by atoms with Crippen LogP contribution in [0.15, 0.2) is 0 Å². The predicted octanol–water partition coefficient (Wildman–Crippen LogP) is -0.191. The fourth-order valence-corrected chi connectivity index (χ4v) is 2.02. The molecule has 0 atom stereocenters. The molecule has 0 amide bonds. The smallest absolute Gasteiger partial charge is 0.0698 e. The van der Waals surface area contributed by atoms with Gasteiger partial charge in [0.15, 0.2) is 0 Å². The summed E-state index contributed by atoms with van der Waals surface area (Å²) in [7, 11) is 0. The minimum Gasteiger partial charge on any atom is -0.394 e. The van der Waals surface area contributed by atoms with Crippen molar-refractivity contribution >= 4 is 0 Å². The zero-order valence-corrected chi connectivity index (χ0v) is 9.04. The maximum absolute atomic E-state index is 8.50. The lowest BCUT2D eigenvalue weighted by atomic mass is 9.86. The number of ether oxygens (including phenoxy) is 1. The maximum atomic E-state index is 8.50. The lowest BCUT2D eigenvalue weighted by Crippen LogP contribution is -2.67. The van der Waals surface area contributed by atoms with E-state index in [4.69, 9.17) is 15.6 Å². The van der Waals surface area contributed by atoms with Gasteiger partial charge in [-0.25, -0.2) is 0 Å². The molecule has 1 aliphatic rings. The van der Waals surface area contributed by atoms with Crippen molar-refractivity contribution in [2.45, 2.75) is 25.3 Å². The Bertz CT molecular complexity index is 158. The van der Waals surface area contributed by atoms with Gasteiger partial charge in [0.2, 0.25) is 0 Å². The van der Waals surface area contributed by atoms with Crippen LogP contribution in [0.1, 0.15) is 19.8 Å². The molecule has 4 nitrogen and oxygen atoms in total. The van der Waals surface area contributed by atoms with Crippen LogP contribution in [0.2, 0.25) is 0 Å². The molecule has 0 unspecified atom stereocenters. The standard InChI is InChI=1S/C10H22N2O2/c1-2-3-10(11)8-12(9-10)4-6-14-7-5-13/h13H,2-9,11H2,1H3. The highest BCUT2D eigenvalue weighted by molar-refractivity contribution is 4.99. The summed E-state index contributed by atoms with van der Waals surface area (Å²) in [6.45, 7) is 6.33.